The van der Waals surface area contributed by atoms with E-state index in [2.05, 4.69) is 5.32 Å². The van der Waals surface area contributed by atoms with Crippen molar-refractivity contribution in [3.8, 4) is 0 Å². The predicted molar refractivity (Wildman–Crippen MR) is 101 cm³/mol. The molecular weight excluding hydrogens is 361 g/mol. The number of aliphatic hydroxyl groups excluding tert-OH is 1. The minimum Gasteiger partial charge on any atom is -0.389 e. The summed E-state index contributed by atoms with van der Waals surface area (Å²) >= 11 is 0. The second-order valence-corrected chi connectivity index (χ2v) is 8.47. The zero-order chi connectivity index (χ0) is 19.4. The number of nitrogens with zero attached hydrogens (tertiary/aromatic N) is 2. The molecule has 2 saturated carbocycles. The van der Waals surface area contributed by atoms with E-state index >= 15 is 0 Å². The molecule has 2 amide bonds. The molecule has 0 radical (unpaired) electrons. The number of carbonyl (C=O) groups excluding carboxylic acids is 2. The molecule has 3 aliphatic rings. The van der Waals surface area contributed by atoms with Crippen molar-refractivity contribution in [2.75, 3.05) is 13.1 Å². The fourth-order valence-corrected chi connectivity index (χ4v) is 5.41. The maximum atomic E-state index is 13.9. The number of hydrogen-bond donors (Lipinski definition) is 2. The van der Waals surface area contributed by atoms with Gasteiger partial charge >= 0.3 is 0 Å². The van der Waals surface area contributed by atoms with Gasteiger partial charge in [0.2, 0.25) is 11.8 Å². The van der Waals surface area contributed by atoms with Gasteiger partial charge in [0, 0.05) is 30.7 Å². The molecule has 2 heterocycles. The Bertz CT molecular complexity index is 936. The number of benzene rings is 1. The average Bonchev–Trinajstić information content (AvgIpc) is 3.34. The highest BCUT2D eigenvalue weighted by Gasteiger charge is 2.53. The molecule has 2 aromatic rings. The first-order valence-corrected chi connectivity index (χ1v) is 10.0. The smallest absolute Gasteiger partial charge is 0.240 e. The van der Waals surface area contributed by atoms with Gasteiger partial charge in [0.15, 0.2) is 0 Å². The van der Waals surface area contributed by atoms with Crippen molar-refractivity contribution in [1.29, 1.82) is 0 Å². The first-order chi connectivity index (χ1) is 13.5. The lowest BCUT2D eigenvalue weighted by Gasteiger charge is -2.41. The van der Waals surface area contributed by atoms with Crippen LogP contribution in [0, 0.1) is 23.6 Å². The molecule has 1 saturated heterocycles. The van der Waals surface area contributed by atoms with E-state index in [4.69, 9.17) is 0 Å². The zero-order valence-corrected chi connectivity index (χ0v) is 15.6. The van der Waals surface area contributed by atoms with Gasteiger partial charge in [-0.3, -0.25) is 9.59 Å². The van der Waals surface area contributed by atoms with Gasteiger partial charge in [-0.15, -0.1) is 0 Å². The summed E-state index contributed by atoms with van der Waals surface area (Å²) in [6.07, 6.45) is 4.36. The highest BCUT2D eigenvalue weighted by atomic mass is 19.1. The third-order valence-corrected chi connectivity index (χ3v) is 6.78. The minimum absolute atomic E-state index is 0.0660. The van der Waals surface area contributed by atoms with Crippen LogP contribution in [0.4, 0.5) is 4.39 Å². The maximum absolute atomic E-state index is 13.9. The van der Waals surface area contributed by atoms with Crippen LogP contribution in [-0.4, -0.2) is 51.6 Å². The van der Waals surface area contributed by atoms with E-state index in [9.17, 15) is 19.1 Å². The van der Waals surface area contributed by atoms with E-state index in [1.54, 1.807) is 33.9 Å². The lowest BCUT2D eigenvalue weighted by atomic mass is 9.82. The van der Waals surface area contributed by atoms with Crippen LogP contribution in [0.3, 0.4) is 0 Å². The Balaban J connectivity index is 1.30. The van der Waals surface area contributed by atoms with Crippen LogP contribution in [-0.2, 0) is 16.1 Å². The number of aromatic nitrogens is 1. The third kappa shape index (κ3) is 2.80. The van der Waals surface area contributed by atoms with Gasteiger partial charge in [-0.1, -0.05) is 6.07 Å². The van der Waals surface area contributed by atoms with Crippen LogP contribution in [0.15, 0.2) is 30.5 Å². The predicted octanol–water partition coefficient (Wildman–Crippen LogP) is 1.51. The molecule has 2 N–H and O–H groups in total. The van der Waals surface area contributed by atoms with E-state index in [0.717, 1.165) is 19.3 Å². The van der Waals surface area contributed by atoms with Crippen LogP contribution in [0.2, 0.25) is 0 Å². The Kier molecular flexibility index (Phi) is 4.16. The highest BCUT2D eigenvalue weighted by molar-refractivity contribution is 5.85. The molecule has 4 atom stereocenters. The Labute approximate surface area is 162 Å². The molecular formula is C21H24FN3O3. The van der Waals surface area contributed by atoms with Gasteiger partial charge in [-0.25, -0.2) is 4.39 Å². The average molecular weight is 385 g/mol. The second kappa shape index (κ2) is 6.58. The van der Waals surface area contributed by atoms with Crippen molar-refractivity contribution in [1.82, 2.24) is 14.8 Å². The number of nitrogens with one attached hydrogen (secondary N) is 1. The number of hydrogen-bond acceptors (Lipinski definition) is 3. The van der Waals surface area contributed by atoms with Gasteiger partial charge in [-0.05, 0) is 49.3 Å². The molecule has 1 aromatic carbocycles. The highest BCUT2D eigenvalue weighted by Crippen LogP contribution is 2.49. The number of likely N-dealkylation sites (tertiary alicyclic amines) is 1. The second-order valence-electron chi connectivity index (χ2n) is 8.47. The summed E-state index contributed by atoms with van der Waals surface area (Å²) in [6.45, 7) is 0.896. The molecule has 5 rings (SSSR count). The first-order valence-electron chi connectivity index (χ1n) is 10.0. The fourth-order valence-electron chi connectivity index (χ4n) is 5.41. The van der Waals surface area contributed by atoms with Crippen LogP contribution in [0.25, 0.3) is 10.9 Å². The summed E-state index contributed by atoms with van der Waals surface area (Å²) in [5, 5.41) is 13.1. The van der Waals surface area contributed by atoms with Gasteiger partial charge in [-0.2, -0.15) is 0 Å². The van der Waals surface area contributed by atoms with Crippen LogP contribution >= 0.6 is 0 Å². The summed E-state index contributed by atoms with van der Waals surface area (Å²) < 4.78 is 15.6. The van der Waals surface area contributed by atoms with E-state index < -0.39 is 6.10 Å². The van der Waals surface area contributed by atoms with Gasteiger partial charge in [0.05, 0.1) is 17.5 Å². The zero-order valence-electron chi connectivity index (χ0n) is 15.6. The number of amides is 2. The van der Waals surface area contributed by atoms with Gasteiger partial charge in [0.25, 0.3) is 0 Å². The number of β-amino-alcohol motifs (C(OH)–C–C–N with tert-alkyl or cyclic N) is 1. The lowest BCUT2D eigenvalue weighted by molar-refractivity contribution is -0.148. The Morgan fingerprint density at radius 2 is 1.96 bits per heavy atom. The number of fused-ring (bicyclic) bond motifs is 3. The number of halogens is 1. The molecule has 28 heavy (non-hydrogen) atoms. The topological polar surface area (TPSA) is 74.6 Å². The van der Waals surface area contributed by atoms with Crippen molar-refractivity contribution in [3.05, 3.63) is 36.3 Å². The molecule has 2 aliphatic carbocycles. The van der Waals surface area contributed by atoms with Crippen LogP contribution in [0.5, 0.6) is 0 Å². The van der Waals surface area contributed by atoms with Crippen molar-refractivity contribution in [3.63, 3.8) is 0 Å². The quantitative estimate of drug-likeness (QED) is 0.838. The summed E-state index contributed by atoms with van der Waals surface area (Å²) in [6, 6.07) is 6.38. The summed E-state index contributed by atoms with van der Waals surface area (Å²) in [7, 11) is 0. The summed E-state index contributed by atoms with van der Waals surface area (Å²) in [4.78, 5) is 27.4. The van der Waals surface area contributed by atoms with E-state index in [1.807, 2.05) is 0 Å². The number of rotatable bonds is 4. The summed E-state index contributed by atoms with van der Waals surface area (Å²) in [5.41, 5.74) is 0.685. The van der Waals surface area contributed by atoms with Crippen molar-refractivity contribution in [2.24, 2.45) is 17.8 Å². The van der Waals surface area contributed by atoms with Crippen molar-refractivity contribution >= 4 is 22.7 Å². The first kappa shape index (κ1) is 17.7. The normalized spacial score (nSPS) is 29.3. The number of carbonyl (C=O) groups is 2. The number of aliphatic hydroxyl groups is 1. The van der Waals surface area contributed by atoms with Crippen molar-refractivity contribution < 1.29 is 19.1 Å². The maximum Gasteiger partial charge on any atom is 0.240 e. The molecule has 6 nitrogen and oxygen atoms in total. The standard InChI is InChI=1S/C21H24FN3O3/c22-16-2-1-3-17-15(16)6-7-24(17)11-18(27)23-20-13-5-4-12(8-13)19(20)21(28)25-9-14(26)10-25/h1-3,6-7,12-14,19-20,26H,4-5,8-11H2,(H,23,27)/t12-,13+,19-,20+/m1/s1. The third-order valence-electron chi connectivity index (χ3n) is 6.78. The van der Waals surface area contributed by atoms with E-state index in [0.29, 0.717) is 35.8 Å². The van der Waals surface area contributed by atoms with Crippen LogP contribution in [0.1, 0.15) is 19.3 Å². The largest absolute Gasteiger partial charge is 0.389 e. The molecule has 3 fully saturated rings. The van der Waals surface area contributed by atoms with Crippen LogP contribution < -0.4 is 5.32 Å². The van der Waals surface area contributed by atoms with Gasteiger partial charge < -0.3 is 19.9 Å². The molecule has 0 unspecified atom stereocenters. The molecule has 0 spiro atoms. The Morgan fingerprint density at radius 3 is 2.75 bits per heavy atom. The molecule has 1 aliphatic heterocycles. The van der Waals surface area contributed by atoms with Gasteiger partial charge in [0.1, 0.15) is 12.4 Å². The molecule has 1 aromatic heterocycles. The lowest BCUT2D eigenvalue weighted by Crippen LogP contribution is -2.59. The minimum atomic E-state index is -0.419. The van der Waals surface area contributed by atoms with E-state index in [-0.39, 0.29) is 36.1 Å². The Hall–Kier alpha value is -2.41. The summed E-state index contributed by atoms with van der Waals surface area (Å²) in [5.74, 6) is 0.0910. The SMILES string of the molecule is O=C(Cn1ccc2c(F)cccc21)N[C@H]1[C@H]2CC[C@H](C2)[C@H]1C(=O)N1CC(O)C1. The molecule has 148 valence electrons. The van der Waals surface area contributed by atoms with Crippen molar-refractivity contribution in [2.45, 2.75) is 38.0 Å². The fraction of sp³-hybridized carbons (Fsp3) is 0.524. The van der Waals surface area contributed by atoms with E-state index in [1.165, 1.54) is 6.07 Å². The Morgan fingerprint density at radius 1 is 1.18 bits per heavy atom. The molecule has 2 bridgehead atoms. The molecule has 7 heteroatoms. The monoisotopic (exact) mass is 385 g/mol.